The smallest absolute Gasteiger partial charge is 0.854 e. The third-order valence-electron chi connectivity index (χ3n) is 7.24. The van der Waals surface area contributed by atoms with E-state index in [1.807, 2.05) is 48.5 Å². The summed E-state index contributed by atoms with van der Waals surface area (Å²) in [6.07, 6.45) is 7.23. The average Bonchev–Trinajstić information content (AvgIpc) is 2.82. The van der Waals surface area contributed by atoms with E-state index in [9.17, 15) is 34.8 Å². The molecule has 0 unspecified atom stereocenters. The Kier molecular flexibility index (Phi) is 31.4. The first-order chi connectivity index (χ1) is 22.6. The van der Waals surface area contributed by atoms with Gasteiger partial charge in [0.15, 0.2) is 0 Å². The summed E-state index contributed by atoms with van der Waals surface area (Å²) < 4.78 is 10.7. The molecule has 0 fully saturated rings. The summed E-state index contributed by atoms with van der Waals surface area (Å²) in [5.74, 6) is -2.86. The Bertz CT molecular complexity index is 879. The Hall–Kier alpha value is -1.35. The van der Waals surface area contributed by atoms with Gasteiger partial charge in [0.2, 0.25) is 0 Å². The van der Waals surface area contributed by atoms with E-state index in [4.69, 9.17) is 9.47 Å². The molecule has 0 saturated carbocycles. The number of hydrogen-bond acceptors (Lipinski definition) is 9. The summed E-state index contributed by atoms with van der Waals surface area (Å²) in [6, 6.07) is 0. The predicted molar refractivity (Wildman–Crippen MR) is 202 cm³/mol. The third kappa shape index (κ3) is 44.8. The monoisotopic (exact) mass is 816 g/mol. The number of aliphatic carboxylic acids is 3. The molecular formula is C42H78O9Zr. The summed E-state index contributed by atoms with van der Waals surface area (Å²) in [7, 11) is 0. The Morgan fingerprint density at radius 1 is 0.538 bits per heavy atom. The maximum atomic E-state index is 11.2. The van der Waals surface area contributed by atoms with Crippen LogP contribution in [0, 0.1) is 37.9 Å². The molecular weight excluding hydrogens is 740 g/mol. The van der Waals surface area contributed by atoms with Gasteiger partial charge in [-0.15, -0.1) is 19.8 Å². The van der Waals surface area contributed by atoms with E-state index < -0.39 is 23.3 Å². The van der Waals surface area contributed by atoms with Crippen LogP contribution in [0.15, 0.2) is 25.3 Å². The Morgan fingerprint density at radius 2 is 0.769 bits per heavy atom. The van der Waals surface area contributed by atoms with Crippen LogP contribution in [0.3, 0.4) is 0 Å². The minimum atomic E-state index is -0.954. The fraction of sp³-hybridized carbons (Fsp3) is 0.833. The maximum absolute atomic E-state index is 11.2. The molecule has 9 nitrogen and oxygen atoms in total. The molecule has 0 aromatic heterocycles. The van der Waals surface area contributed by atoms with Crippen LogP contribution in [0.4, 0.5) is 0 Å². The number of hydrogen-bond donors (Lipinski definition) is 0. The molecule has 52 heavy (non-hydrogen) atoms. The molecule has 0 bridgehead atoms. The molecule has 10 heteroatoms. The van der Waals surface area contributed by atoms with Crippen LogP contribution in [-0.4, -0.2) is 50.9 Å². The van der Waals surface area contributed by atoms with Gasteiger partial charge in [0.1, 0.15) is 0 Å². The molecule has 0 aromatic carbocycles. The van der Waals surface area contributed by atoms with Gasteiger partial charge in [-0.3, -0.25) is 0 Å². The second-order valence-corrected chi connectivity index (χ2v) is 20.0. The van der Waals surface area contributed by atoms with E-state index in [1.54, 1.807) is 12.2 Å². The first-order valence-electron chi connectivity index (χ1n) is 18.2. The van der Waals surface area contributed by atoms with E-state index in [-0.39, 0.29) is 84.6 Å². The molecule has 304 valence electrons. The summed E-state index contributed by atoms with van der Waals surface area (Å²) in [4.78, 5) is 31.2. The Morgan fingerprint density at radius 3 is 0.904 bits per heavy atom. The van der Waals surface area contributed by atoms with Crippen LogP contribution in [0.1, 0.15) is 156 Å². The van der Waals surface area contributed by atoms with Crippen molar-refractivity contribution in [3.63, 3.8) is 0 Å². The van der Waals surface area contributed by atoms with Gasteiger partial charge >= 0.3 is 26.2 Å². The van der Waals surface area contributed by atoms with E-state index in [1.165, 1.54) is 0 Å². The van der Waals surface area contributed by atoms with Gasteiger partial charge in [-0.25, -0.2) is 0 Å². The molecule has 0 atom stereocenters. The first-order valence-corrected chi connectivity index (χ1v) is 18.2. The molecule has 0 aliphatic heterocycles. The molecule has 0 radical (unpaired) electrons. The zero-order chi connectivity index (χ0) is 41.5. The number of rotatable bonds is 19. The molecule has 0 N–H and O–H groups in total. The molecule has 0 saturated heterocycles. The first kappa shape index (κ1) is 59.9. The normalized spacial score (nSPS) is 12.3. The van der Waals surface area contributed by atoms with Gasteiger partial charge in [0.05, 0.1) is 26.4 Å². The van der Waals surface area contributed by atoms with E-state index >= 15 is 0 Å². The topological polar surface area (TPSA) is 162 Å². The van der Waals surface area contributed by atoms with Crippen molar-refractivity contribution >= 4 is 17.9 Å². The fourth-order valence-electron chi connectivity index (χ4n) is 6.82. The zero-order valence-electron chi connectivity index (χ0n) is 36.2. The molecule has 0 spiro atoms. The van der Waals surface area contributed by atoms with Gasteiger partial charge in [0, 0.05) is 23.3 Å². The zero-order valence-corrected chi connectivity index (χ0v) is 38.7. The van der Waals surface area contributed by atoms with E-state index in [0.717, 1.165) is 25.7 Å². The van der Waals surface area contributed by atoms with Gasteiger partial charge in [0.25, 0.3) is 0 Å². The van der Waals surface area contributed by atoms with Gasteiger partial charge in [-0.1, -0.05) is 123 Å². The van der Waals surface area contributed by atoms with Crippen molar-refractivity contribution < 1.29 is 70.5 Å². The summed E-state index contributed by atoms with van der Waals surface area (Å²) >= 11 is 0. The molecule has 0 amide bonds. The standard InChI is InChI=1S/C12H21O3.3C10H20O2.Zr/c1-4-7-14-10-12(6-3,9-13)11-15-8-5-2;3*1-9(2,3)7-10(4,5)6-8(11)12;/h4-5H,1-2,6-11H2,3H3;3*6-7H2,1-5H3,(H,11,12);/q-1;;;;+4/p-3. The summed E-state index contributed by atoms with van der Waals surface area (Å²) in [6.45, 7) is 41.6. The van der Waals surface area contributed by atoms with Crippen molar-refractivity contribution in [2.45, 2.75) is 156 Å². The van der Waals surface area contributed by atoms with Crippen LogP contribution in [-0.2, 0) is 50.1 Å². The number of ether oxygens (including phenoxy) is 2. The van der Waals surface area contributed by atoms with Gasteiger partial charge in [-0.2, -0.15) is 0 Å². The average molecular weight is 818 g/mol. The molecule has 0 rings (SSSR count). The number of carboxylic acid groups (broad SMARTS) is 3. The van der Waals surface area contributed by atoms with E-state index in [2.05, 4.69) is 75.5 Å². The van der Waals surface area contributed by atoms with Crippen LogP contribution in [0.2, 0.25) is 0 Å². The van der Waals surface area contributed by atoms with E-state index in [0.29, 0.717) is 26.4 Å². The largest absolute Gasteiger partial charge is 4.00 e. The number of carbonyl (C=O) groups is 3. The quantitative estimate of drug-likeness (QED) is 0.114. The fourth-order valence-corrected chi connectivity index (χ4v) is 6.82. The minimum Gasteiger partial charge on any atom is -0.854 e. The SMILES string of the molecule is C=CCOCC(CC)(C[O-])COCC=C.CC(C)(C)CC(C)(C)CC(=O)[O-].CC(C)(C)CC(C)(C)CC(=O)[O-].CC(C)(C)CC(C)(C)CC(=O)[O-].[Zr+4]. The van der Waals surface area contributed by atoms with Crippen molar-refractivity contribution in [3.05, 3.63) is 25.3 Å². The molecule has 0 heterocycles. The molecule has 0 aliphatic carbocycles. The predicted octanol–water partition coefficient (Wildman–Crippen LogP) is 5.91. The van der Waals surface area contributed by atoms with Crippen molar-refractivity contribution in [3.8, 4) is 0 Å². The van der Waals surface area contributed by atoms with Gasteiger partial charge in [-0.05, 0) is 77.4 Å². The maximum Gasteiger partial charge on any atom is 4.00 e. The molecule has 0 aromatic rings. The van der Waals surface area contributed by atoms with Gasteiger partial charge < -0.3 is 44.3 Å². The van der Waals surface area contributed by atoms with Crippen molar-refractivity contribution in [1.29, 1.82) is 0 Å². The summed E-state index contributed by atoms with van der Waals surface area (Å²) in [5.41, 5.74) is -0.339. The second kappa shape index (κ2) is 27.3. The second-order valence-electron chi connectivity index (χ2n) is 20.0. The molecule has 0 aliphatic rings. The third-order valence-corrected chi connectivity index (χ3v) is 7.24. The van der Waals surface area contributed by atoms with Crippen LogP contribution in [0.25, 0.3) is 0 Å². The van der Waals surface area contributed by atoms with Crippen molar-refractivity contribution in [2.24, 2.45) is 37.9 Å². The number of carbonyl (C=O) groups excluding carboxylic acids is 3. The van der Waals surface area contributed by atoms with Crippen molar-refractivity contribution in [1.82, 2.24) is 0 Å². The Balaban J connectivity index is -0.000000189. The van der Waals surface area contributed by atoms with Crippen molar-refractivity contribution in [2.75, 3.05) is 33.0 Å². The summed E-state index contributed by atoms with van der Waals surface area (Å²) in [5, 5.41) is 42.3. The van der Waals surface area contributed by atoms with Crippen LogP contribution >= 0.6 is 0 Å². The van der Waals surface area contributed by atoms with Crippen LogP contribution < -0.4 is 20.4 Å². The Labute approximate surface area is 338 Å². The number of carboxylic acids is 3. The van der Waals surface area contributed by atoms with Crippen LogP contribution in [0.5, 0.6) is 0 Å². The minimum absolute atomic E-state index is 0.